The molecule has 0 atom stereocenters. The maximum absolute atomic E-state index is 2.53. The summed E-state index contributed by atoms with van der Waals surface area (Å²) >= 11 is 6.19. The molecule has 0 unspecified atom stereocenters. The second-order valence-corrected chi connectivity index (χ2v) is 11.0. The number of hydrogen-bond acceptors (Lipinski definition) is 3. The van der Waals surface area contributed by atoms with Crippen molar-refractivity contribution in [2.24, 2.45) is 0 Å². The molecule has 0 saturated carbocycles. The third-order valence-electron chi connectivity index (χ3n) is 4.24. The summed E-state index contributed by atoms with van der Waals surface area (Å²) in [4.78, 5) is 5.56. The van der Waals surface area contributed by atoms with Crippen LogP contribution in [0, 0.1) is 2.88 Å². The third kappa shape index (κ3) is 1.97. The zero-order valence-corrected chi connectivity index (χ0v) is 16.3. The molecule has 0 radical (unpaired) electrons. The van der Waals surface area contributed by atoms with Crippen molar-refractivity contribution in [2.75, 3.05) is 11.2 Å². The van der Waals surface area contributed by atoms with E-state index >= 15 is 0 Å². The van der Waals surface area contributed by atoms with Crippen molar-refractivity contribution in [1.29, 1.82) is 0 Å². The summed E-state index contributed by atoms with van der Waals surface area (Å²) in [6.45, 7) is 4.72. The van der Waals surface area contributed by atoms with Gasteiger partial charge in [0, 0.05) is 0 Å². The van der Waals surface area contributed by atoms with Crippen molar-refractivity contribution >= 4 is 34.4 Å². The van der Waals surface area contributed by atoms with Crippen LogP contribution in [0.15, 0.2) is 16.3 Å². The van der Waals surface area contributed by atoms with E-state index in [0.717, 1.165) is 0 Å². The number of thioether (sulfide) groups is 1. The number of thiophene rings is 2. The summed E-state index contributed by atoms with van der Waals surface area (Å²) < 4.78 is 3.13. The Kier molecular flexibility index (Phi) is 4.06. The number of fused-ring (bicyclic) bond motifs is 3. The Balaban J connectivity index is 2.27. The average molecular weight is 421 g/mol. The van der Waals surface area contributed by atoms with Gasteiger partial charge < -0.3 is 0 Å². The molecule has 3 rings (SSSR count). The van der Waals surface area contributed by atoms with Gasteiger partial charge in [0.05, 0.1) is 0 Å². The second-order valence-electron chi connectivity index (χ2n) is 4.78. The molecule has 0 spiro atoms. The summed E-state index contributed by atoms with van der Waals surface area (Å²) in [7, 11) is 0. The van der Waals surface area contributed by atoms with Crippen LogP contribution in [-0.2, 0) is 5.41 Å². The summed E-state index contributed by atoms with van der Waals surface area (Å²) in [5.74, 6) is 0. The van der Waals surface area contributed by atoms with Gasteiger partial charge in [0.2, 0.25) is 0 Å². The summed E-state index contributed by atoms with van der Waals surface area (Å²) in [6, 6.07) is 5.00. The van der Waals surface area contributed by atoms with E-state index in [4.69, 9.17) is 0 Å². The van der Waals surface area contributed by atoms with Crippen LogP contribution in [0.2, 0.25) is 0 Å². The SMILES string of the molecule is CCC1(CC)c2cc(SC)sc2-c2sc([I-]C)cc21. The number of halogens is 1. The second kappa shape index (κ2) is 5.35. The van der Waals surface area contributed by atoms with E-state index in [1.807, 2.05) is 23.1 Å². The van der Waals surface area contributed by atoms with Crippen molar-refractivity contribution in [3.8, 4) is 9.75 Å². The molecule has 2 heterocycles. The molecule has 0 nitrogen and oxygen atoms in total. The zero-order valence-electron chi connectivity index (χ0n) is 11.7. The molecular weight excluding hydrogens is 403 g/mol. The fraction of sp³-hybridized carbons (Fsp3) is 0.467. The van der Waals surface area contributed by atoms with Crippen molar-refractivity contribution in [2.45, 2.75) is 36.3 Å². The Hall–Kier alpha value is 0.480. The van der Waals surface area contributed by atoms with Gasteiger partial charge >= 0.3 is 139 Å². The quantitative estimate of drug-likeness (QED) is 0.416. The zero-order chi connectivity index (χ0) is 13.6. The predicted octanol–water partition coefficient (Wildman–Crippen LogP) is 2.51. The Labute approximate surface area is 138 Å². The molecule has 1 aliphatic rings. The van der Waals surface area contributed by atoms with Crippen molar-refractivity contribution < 1.29 is 21.2 Å². The number of rotatable bonds is 4. The van der Waals surface area contributed by atoms with Crippen molar-refractivity contribution in [3.05, 3.63) is 26.1 Å². The molecule has 2 aromatic rings. The van der Waals surface area contributed by atoms with Crippen LogP contribution in [0.3, 0.4) is 0 Å². The molecule has 104 valence electrons. The Bertz CT molecular complexity index is 555. The van der Waals surface area contributed by atoms with Gasteiger partial charge in [-0.15, -0.1) is 0 Å². The van der Waals surface area contributed by atoms with Gasteiger partial charge in [0.1, 0.15) is 0 Å². The summed E-state index contributed by atoms with van der Waals surface area (Å²) in [6.07, 6.45) is 4.65. The van der Waals surface area contributed by atoms with Gasteiger partial charge in [-0.2, -0.15) is 0 Å². The topological polar surface area (TPSA) is 0 Å². The van der Waals surface area contributed by atoms with Crippen LogP contribution in [0.5, 0.6) is 0 Å². The molecule has 4 heteroatoms. The van der Waals surface area contributed by atoms with E-state index in [1.165, 1.54) is 17.1 Å². The van der Waals surface area contributed by atoms with Crippen molar-refractivity contribution in [3.63, 3.8) is 0 Å². The normalized spacial score (nSPS) is 15.8. The van der Waals surface area contributed by atoms with E-state index in [1.54, 1.807) is 23.8 Å². The first-order valence-corrected chi connectivity index (χ1v) is 12.6. The number of hydrogen-bond donors (Lipinski definition) is 0. The summed E-state index contributed by atoms with van der Waals surface area (Å²) in [5, 5.41) is 0. The molecular formula is C15H18IS3-. The van der Waals surface area contributed by atoms with Gasteiger partial charge in [-0.3, -0.25) is 0 Å². The molecule has 19 heavy (non-hydrogen) atoms. The maximum atomic E-state index is 2.53. The van der Waals surface area contributed by atoms with E-state index in [0.29, 0.717) is 5.41 Å². The predicted molar refractivity (Wildman–Crippen MR) is 85.4 cm³/mol. The Morgan fingerprint density at radius 2 is 1.74 bits per heavy atom. The van der Waals surface area contributed by atoms with Crippen LogP contribution in [0.1, 0.15) is 37.8 Å². The summed E-state index contributed by atoms with van der Waals surface area (Å²) in [5.41, 5.74) is 3.57. The van der Waals surface area contributed by atoms with Crippen LogP contribution in [0.25, 0.3) is 9.75 Å². The molecule has 0 saturated heterocycles. The molecule has 0 N–H and O–H groups in total. The molecule has 0 fully saturated rings. The fourth-order valence-corrected chi connectivity index (χ4v) is 8.10. The minimum atomic E-state index is 0.219. The first-order valence-electron chi connectivity index (χ1n) is 6.52. The van der Waals surface area contributed by atoms with Crippen LogP contribution in [0.4, 0.5) is 0 Å². The van der Waals surface area contributed by atoms with Gasteiger partial charge in [0.15, 0.2) is 0 Å². The van der Waals surface area contributed by atoms with Gasteiger partial charge in [-0.25, -0.2) is 0 Å². The van der Waals surface area contributed by atoms with Crippen LogP contribution < -0.4 is 21.2 Å². The third-order valence-corrected chi connectivity index (χ3v) is 10.6. The molecule has 1 aliphatic carbocycles. The Morgan fingerprint density at radius 1 is 1.11 bits per heavy atom. The monoisotopic (exact) mass is 421 g/mol. The standard InChI is InChI=1S/C15H18IS3/c1-5-15(6-2)9-7-11(16-3)18-13(9)14-10(15)8-12(17-4)19-14/h7-8H,5-6H2,1-4H3/q-1. The van der Waals surface area contributed by atoms with Gasteiger partial charge in [-0.05, 0) is 0 Å². The number of alkyl halides is 1. The molecule has 0 amide bonds. The van der Waals surface area contributed by atoms with Crippen LogP contribution >= 0.6 is 34.4 Å². The average Bonchev–Trinajstić information content (AvgIpc) is 3.08. The van der Waals surface area contributed by atoms with E-state index < -0.39 is 0 Å². The van der Waals surface area contributed by atoms with E-state index in [2.05, 4.69) is 48.5 Å². The van der Waals surface area contributed by atoms with E-state index in [9.17, 15) is 0 Å². The van der Waals surface area contributed by atoms with Crippen molar-refractivity contribution in [1.82, 2.24) is 0 Å². The minimum absolute atomic E-state index is 0.219. The molecule has 2 aromatic heterocycles. The molecule has 0 aromatic carbocycles. The molecule has 0 bridgehead atoms. The molecule has 0 aliphatic heterocycles. The van der Waals surface area contributed by atoms with Gasteiger partial charge in [0.25, 0.3) is 0 Å². The van der Waals surface area contributed by atoms with Gasteiger partial charge in [-0.1, -0.05) is 0 Å². The Morgan fingerprint density at radius 3 is 2.32 bits per heavy atom. The fourth-order valence-electron chi connectivity index (χ4n) is 3.13. The van der Waals surface area contributed by atoms with E-state index in [-0.39, 0.29) is 21.2 Å². The first-order chi connectivity index (χ1) is 9.20. The first kappa shape index (κ1) is 14.4. The van der Waals surface area contributed by atoms with Crippen LogP contribution in [-0.4, -0.2) is 11.2 Å².